The summed E-state index contributed by atoms with van der Waals surface area (Å²) in [7, 11) is 1.58. The highest BCUT2D eigenvalue weighted by atomic mass is 16.7. The third-order valence-electron chi connectivity index (χ3n) is 3.91. The van der Waals surface area contributed by atoms with E-state index in [4.69, 9.17) is 20.0 Å². The van der Waals surface area contributed by atoms with Crippen molar-refractivity contribution < 1.29 is 19.1 Å². The van der Waals surface area contributed by atoms with E-state index in [1.807, 2.05) is 48.5 Å². The van der Waals surface area contributed by atoms with Gasteiger partial charge in [-0.15, -0.1) is 0 Å². The molecule has 0 saturated carbocycles. The highest BCUT2D eigenvalue weighted by Gasteiger charge is 2.13. The Kier molecular flexibility index (Phi) is 6.82. The fourth-order valence-corrected chi connectivity index (χ4v) is 2.41. The van der Waals surface area contributed by atoms with Gasteiger partial charge in [0.25, 0.3) is 0 Å². The van der Waals surface area contributed by atoms with Gasteiger partial charge in [0.05, 0.1) is 7.11 Å². The maximum absolute atomic E-state index is 11.8. The van der Waals surface area contributed by atoms with Gasteiger partial charge in [0.1, 0.15) is 17.3 Å². The van der Waals surface area contributed by atoms with Gasteiger partial charge in [-0.05, 0) is 29.2 Å². The van der Waals surface area contributed by atoms with E-state index in [1.54, 1.807) is 7.11 Å². The lowest BCUT2D eigenvalue weighted by atomic mass is 9.87. The Morgan fingerprint density at radius 1 is 1.07 bits per heavy atom. The first-order chi connectivity index (χ1) is 12.8. The molecule has 0 amide bonds. The summed E-state index contributed by atoms with van der Waals surface area (Å²) in [5.41, 5.74) is 7.92. The zero-order valence-corrected chi connectivity index (χ0v) is 16.2. The summed E-state index contributed by atoms with van der Waals surface area (Å²) in [4.78, 5) is 16.6. The van der Waals surface area contributed by atoms with Gasteiger partial charge >= 0.3 is 5.97 Å². The summed E-state index contributed by atoms with van der Waals surface area (Å²) in [5.74, 6) is 0.829. The highest BCUT2D eigenvalue weighted by molar-refractivity contribution is 5.83. The summed E-state index contributed by atoms with van der Waals surface area (Å²) in [6.45, 7) is 6.15. The van der Waals surface area contributed by atoms with Crippen molar-refractivity contribution in [2.45, 2.75) is 32.6 Å². The van der Waals surface area contributed by atoms with Crippen molar-refractivity contribution in [1.82, 2.24) is 0 Å². The number of hydrogen-bond acceptors (Lipinski definition) is 5. The van der Waals surface area contributed by atoms with Crippen LogP contribution in [-0.2, 0) is 21.5 Å². The molecule has 27 heavy (non-hydrogen) atoms. The van der Waals surface area contributed by atoms with Crippen LogP contribution in [0.5, 0.6) is 11.5 Å². The van der Waals surface area contributed by atoms with Gasteiger partial charge in [-0.1, -0.05) is 56.3 Å². The summed E-state index contributed by atoms with van der Waals surface area (Å²) in [5, 5.41) is 3.66. The number of nitrogens with two attached hydrogens (primary N) is 1. The average Bonchev–Trinajstić information content (AvgIpc) is 2.64. The number of benzene rings is 2. The van der Waals surface area contributed by atoms with E-state index in [0.29, 0.717) is 17.9 Å². The quantitative estimate of drug-likeness (QED) is 0.349. The number of ether oxygens (including phenoxy) is 2. The Morgan fingerprint density at radius 2 is 1.74 bits per heavy atom. The molecule has 2 rings (SSSR count). The van der Waals surface area contributed by atoms with Crippen LogP contribution in [0.3, 0.4) is 0 Å². The number of carbonyl (C=O) groups is 1. The van der Waals surface area contributed by atoms with Gasteiger partial charge in [-0.3, -0.25) is 0 Å². The molecule has 6 nitrogen and oxygen atoms in total. The van der Waals surface area contributed by atoms with E-state index in [0.717, 1.165) is 5.56 Å². The number of amidine groups is 1. The second kappa shape index (κ2) is 9.07. The Labute approximate surface area is 159 Å². The van der Waals surface area contributed by atoms with Crippen molar-refractivity contribution in [3.05, 3.63) is 59.7 Å². The molecule has 2 aromatic rings. The van der Waals surface area contributed by atoms with E-state index >= 15 is 0 Å². The number of para-hydroxylation sites is 1. The number of methoxy groups -OCH3 is 1. The first-order valence-corrected chi connectivity index (χ1v) is 8.67. The molecule has 0 fully saturated rings. The molecule has 6 heteroatoms. The van der Waals surface area contributed by atoms with E-state index in [1.165, 1.54) is 5.56 Å². The molecular formula is C21H26N2O4. The summed E-state index contributed by atoms with van der Waals surface area (Å²) >= 11 is 0. The van der Waals surface area contributed by atoms with Gasteiger partial charge in [0.2, 0.25) is 0 Å². The van der Waals surface area contributed by atoms with Crippen LogP contribution in [0.15, 0.2) is 53.7 Å². The molecule has 2 aromatic carbocycles. The molecule has 0 atom stereocenters. The van der Waals surface area contributed by atoms with Crippen molar-refractivity contribution in [2.75, 3.05) is 13.7 Å². The van der Waals surface area contributed by atoms with Crippen LogP contribution < -0.4 is 15.2 Å². The molecule has 0 aromatic heterocycles. The molecule has 0 aliphatic carbocycles. The summed E-state index contributed by atoms with van der Waals surface area (Å²) in [6, 6.07) is 15.0. The fourth-order valence-electron chi connectivity index (χ4n) is 2.41. The molecule has 0 aliphatic rings. The fraction of sp³-hybridized carbons (Fsp3) is 0.333. The predicted molar refractivity (Wildman–Crippen MR) is 105 cm³/mol. The highest BCUT2D eigenvalue weighted by Crippen LogP contribution is 2.24. The molecule has 0 radical (unpaired) electrons. The standard InChI is InChI=1S/C21H26N2O4/c1-21(2,3)16-9-11-17(12-10-16)26-14-20(24)27-23-19(22)13-15-7-5-6-8-18(15)25-4/h5-12H,13-14H2,1-4H3,(H2,22,23). The van der Waals surface area contributed by atoms with Crippen LogP contribution in [0.2, 0.25) is 0 Å². The minimum atomic E-state index is -0.627. The van der Waals surface area contributed by atoms with E-state index < -0.39 is 5.97 Å². The van der Waals surface area contributed by atoms with Crippen molar-refractivity contribution in [1.29, 1.82) is 0 Å². The van der Waals surface area contributed by atoms with Gasteiger partial charge in [0, 0.05) is 12.0 Å². The lowest BCUT2D eigenvalue weighted by molar-refractivity contribution is -0.146. The third kappa shape index (κ3) is 6.33. The molecule has 0 aliphatic heterocycles. The van der Waals surface area contributed by atoms with Crippen LogP contribution in [-0.4, -0.2) is 25.5 Å². The van der Waals surface area contributed by atoms with Gasteiger partial charge < -0.3 is 20.0 Å². The van der Waals surface area contributed by atoms with Crippen molar-refractivity contribution in [2.24, 2.45) is 10.9 Å². The Balaban J connectivity index is 1.84. The number of oxime groups is 1. The second-order valence-corrected chi connectivity index (χ2v) is 7.10. The molecule has 144 valence electrons. The third-order valence-corrected chi connectivity index (χ3v) is 3.91. The van der Waals surface area contributed by atoms with Crippen molar-refractivity contribution in [3.63, 3.8) is 0 Å². The largest absolute Gasteiger partial charge is 0.496 e. The molecule has 2 N–H and O–H groups in total. The molecular weight excluding hydrogens is 344 g/mol. The van der Waals surface area contributed by atoms with E-state index in [2.05, 4.69) is 25.9 Å². The van der Waals surface area contributed by atoms with Crippen LogP contribution in [0.4, 0.5) is 0 Å². The Bertz CT molecular complexity index is 793. The van der Waals surface area contributed by atoms with Crippen molar-refractivity contribution in [3.8, 4) is 11.5 Å². The zero-order valence-electron chi connectivity index (χ0n) is 16.2. The van der Waals surface area contributed by atoms with Gasteiger partial charge in [-0.25, -0.2) is 4.79 Å². The SMILES string of the molecule is COc1ccccc1C/C(N)=N\OC(=O)COc1ccc(C(C)(C)C)cc1. The second-order valence-electron chi connectivity index (χ2n) is 7.10. The first kappa shape index (κ1) is 20.3. The van der Waals surface area contributed by atoms with Crippen LogP contribution in [0.25, 0.3) is 0 Å². The molecule has 0 bridgehead atoms. The lowest BCUT2D eigenvalue weighted by Crippen LogP contribution is -2.19. The topological polar surface area (TPSA) is 83.1 Å². The minimum absolute atomic E-state index is 0.0607. The zero-order chi connectivity index (χ0) is 19.9. The monoisotopic (exact) mass is 370 g/mol. The number of rotatable bonds is 7. The minimum Gasteiger partial charge on any atom is -0.496 e. The molecule has 0 saturated heterocycles. The van der Waals surface area contributed by atoms with Crippen LogP contribution in [0.1, 0.15) is 31.9 Å². The van der Waals surface area contributed by atoms with E-state index in [-0.39, 0.29) is 17.9 Å². The average molecular weight is 370 g/mol. The maximum atomic E-state index is 11.8. The smallest absolute Gasteiger partial charge is 0.372 e. The van der Waals surface area contributed by atoms with Crippen LogP contribution >= 0.6 is 0 Å². The van der Waals surface area contributed by atoms with E-state index in [9.17, 15) is 4.79 Å². The van der Waals surface area contributed by atoms with Crippen LogP contribution in [0, 0.1) is 0 Å². The number of nitrogens with zero attached hydrogens (tertiary/aromatic N) is 1. The van der Waals surface area contributed by atoms with Crippen molar-refractivity contribution >= 4 is 11.8 Å². The predicted octanol–water partition coefficient (Wildman–Crippen LogP) is 3.43. The first-order valence-electron chi connectivity index (χ1n) is 8.67. The Morgan fingerprint density at radius 3 is 2.37 bits per heavy atom. The maximum Gasteiger partial charge on any atom is 0.372 e. The summed E-state index contributed by atoms with van der Waals surface area (Å²) < 4.78 is 10.7. The van der Waals surface area contributed by atoms with Gasteiger partial charge in [0.15, 0.2) is 6.61 Å². The van der Waals surface area contributed by atoms with Gasteiger partial charge in [-0.2, -0.15) is 0 Å². The normalized spacial score (nSPS) is 11.8. The lowest BCUT2D eigenvalue weighted by Gasteiger charge is -2.19. The Hall–Kier alpha value is -3.02. The number of carbonyl (C=O) groups excluding carboxylic acids is 1. The molecule has 0 unspecified atom stereocenters. The molecule has 0 heterocycles. The number of hydrogen-bond donors (Lipinski definition) is 1. The summed E-state index contributed by atoms with van der Waals surface area (Å²) in [6.07, 6.45) is 0.312. The molecule has 0 spiro atoms.